The van der Waals surface area contributed by atoms with Crippen LogP contribution in [0.3, 0.4) is 0 Å². The Balaban J connectivity index is 0.000000292. The van der Waals surface area contributed by atoms with Gasteiger partial charge in [0.15, 0.2) is 0 Å². The Morgan fingerprint density at radius 3 is 1.23 bits per heavy atom. The van der Waals surface area contributed by atoms with Crippen LogP contribution in [0.25, 0.3) is 11.1 Å². The first kappa shape index (κ1) is 25.3. The second-order valence-corrected chi connectivity index (χ2v) is 6.19. The molecule has 0 amide bonds. The zero-order valence-electron chi connectivity index (χ0n) is 16.6. The van der Waals surface area contributed by atoms with Crippen molar-refractivity contribution in [1.29, 1.82) is 0 Å². The minimum Gasteiger partial charge on any atom is -0.497 e. The van der Waals surface area contributed by atoms with Crippen molar-refractivity contribution in [1.82, 2.24) is 0 Å². The summed E-state index contributed by atoms with van der Waals surface area (Å²) in [6.45, 7) is 0. The molecule has 0 fully saturated rings. The molecular formula is C28H32O3. The smallest absolute Gasteiger partial charge is 0.127 e. The molecule has 0 unspecified atom stereocenters. The van der Waals surface area contributed by atoms with Crippen LogP contribution in [-0.4, -0.2) is 14.2 Å². The Kier molecular flexibility index (Phi) is 11.0. The van der Waals surface area contributed by atoms with E-state index >= 15 is 0 Å². The van der Waals surface area contributed by atoms with Crippen molar-refractivity contribution in [3.8, 4) is 34.1 Å². The molecule has 4 aromatic carbocycles. The SMILES string of the molecule is C.C.COc1ccc(-c2ccccc2)cc1.COc1ccc(Oc2ccccc2)cc1. The van der Waals surface area contributed by atoms with Crippen molar-refractivity contribution in [3.05, 3.63) is 109 Å². The standard InChI is InChI=1S/C13H12O2.C13H12O.2CH4/c1-14-11-7-9-13(10-8-11)15-12-5-3-2-4-6-12;1-14-13-9-7-12(8-10-13)11-5-3-2-4-6-11;;/h2-10H,1H3;2-10H,1H3;2*1H4. The Bertz CT molecular complexity index is 964. The molecule has 31 heavy (non-hydrogen) atoms. The van der Waals surface area contributed by atoms with Gasteiger partial charge in [-0.05, 0) is 59.7 Å². The van der Waals surface area contributed by atoms with Gasteiger partial charge in [0.25, 0.3) is 0 Å². The van der Waals surface area contributed by atoms with Crippen LogP contribution in [0, 0.1) is 0 Å². The van der Waals surface area contributed by atoms with Gasteiger partial charge in [0.1, 0.15) is 23.0 Å². The molecule has 0 aromatic heterocycles. The van der Waals surface area contributed by atoms with Gasteiger partial charge in [0, 0.05) is 0 Å². The molecule has 0 aliphatic carbocycles. The lowest BCUT2D eigenvalue weighted by atomic mass is 10.1. The van der Waals surface area contributed by atoms with Crippen LogP contribution in [0.5, 0.6) is 23.0 Å². The van der Waals surface area contributed by atoms with Crippen molar-refractivity contribution in [3.63, 3.8) is 0 Å². The lowest BCUT2D eigenvalue weighted by molar-refractivity contribution is 0.413. The molecule has 3 nitrogen and oxygen atoms in total. The lowest BCUT2D eigenvalue weighted by Gasteiger charge is -2.05. The van der Waals surface area contributed by atoms with Gasteiger partial charge in [0.05, 0.1) is 14.2 Å². The fraction of sp³-hybridized carbons (Fsp3) is 0.143. The Morgan fingerprint density at radius 1 is 0.387 bits per heavy atom. The van der Waals surface area contributed by atoms with Crippen molar-refractivity contribution >= 4 is 0 Å². The second kappa shape index (κ2) is 13.5. The first-order chi connectivity index (χ1) is 14.3. The predicted molar refractivity (Wildman–Crippen MR) is 131 cm³/mol. The van der Waals surface area contributed by atoms with Gasteiger partial charge in [-0.1, -0.05) is 75.5 Å². The minimum atomic E-state index is 0. The molecule has 0 N–H and O–H groups in total. The summed E-state index contributed by atoms with van der Waals surface area (Å²) in [5.74, 6) is 3.37. The van der Waals surface area contributed by atoms with E-state index in [-0.39, 0.29) is 14.9 Å². The quantitative estimate of drug-likeness (QED) is 0.329. The van der Waals surface area contributed by atoms with Gasteiger partial charge in [-0.15, -0.1) is 0 Å². The average Bonchev–Trinajstić information content (AvgIpc) is 2.81. The zero-order chi connectivity index (χ0) is 20.3. The molecule has 4 aromatic rings. The summed E-state index contributed by atoms with van der Waals surface area (Å²) in [5.41, 5.74) is 2.45. The van der Waals surface area contributed by atoms with Crippen LogP contribution in [-0.2, 0) is 0 Å². The Hall–Kier alpha value is -3.72. The highest BCUT2D eigenvalue weighted by molar-refractivity contribution is 5.63. The maximum Gasteiger partial charge on any atom is 0.127 e. The minimum absolute atomic E-state index is 0. The second-order valence-electron chi connectivity index (χ2n) is 6.19. The van der Waals surface area contributed by atoms with Gasteiger partial charge in [-0.3, -0.25) is 0 Å². The zero-order valence-corrected chi connectivity index (χ0v) is 16.6. The van der Waals surface area contributed by atoms with Crippen LogP contribution < -0.4 is 14.2 Å². The van der Waals surface area contributed by atoms with E-state index in [0.717, 1.165) is 23.0 Å². The highest BCUT2D eigenvalue weighted by atomic mass is 16.5. The maximum atomic E-state index is 5.62. The van der Waals surface area contributed by atoms with Gasteiger partial charge >= 0.3 is 0 Å². The first-order valence-electron chi connectivity index (χ1n) is 9.35. The molecule has 0 aliphatic heterocycles. The van der Waals surface area contributed by atoms with Crippen molar-refractivity contribution in [2.24, 2.45) is 0 Å². The number of para-hydroxylation sites is 1. The van der Waals surface area contributed by atoms with Crippen molar-refractivity contribution < 1.29 is 14.2 Å². The third-order valence-electron chi connectivity index (χ3n) is 4.24. The maximum absolute atomic E-state index is 5.62. The van der Waals surface area contributed by atoms with Crippen LogP contribution in [0.15, 0.2) is 109 Å². The van der Waals surface area contributed by atoms with E-state index in [1.165, 1.54) is 11.1 Å². The average molecular weight is 417 g/mol. The summed E-state index contributed by atoms with van der Waals surface area (Å²) >= 11 is 0. The van der Waals surface area contributed by atoms with Crippen LogP contribution in [0.1, 0.15) is 14.9 Å². The number of methoxy groups -OCH3 is 2. The van der Waals surface area contributed by atoms with E-state index in [0.29, 0.717) is 0 Å². The topological polar surface area (TPSA) is 27.7 Å². The van der Waals surface area contributed by atoms with E-state index in [4.69, 9.17) is 14.2 Å². The summed E-state index contributed by atoms with van der Waals surface area (Å²) in [5, 5.41) is 0. The van der Waals surface area contributed by atoms with Gasteiger partial charge in [0.2, 0.25) is 0 Å². The third-order valence-corrected chi connectivity index (χ3v) is 4.24. The lowest BCUT2D eigenvalue weighted by Crippen LogP contribution is -1.85. The van der Waals surface area contributed by atoms with Crippen LogP contribution in [0.4, 0.5) is 0 Å². The number of ether oxygens (including phenoxy) is 3. The molecule has 4 rings (SSSR count). The van der Waals surface area contributed by atoms with E-state index in [2.05, 4.69) is 24.3 Å². The first-order valence-corrected chi connectivity index (χ1v) is 9.35. The summed E-state index contributed by atoms with van der Waals surface area (Å²) in [6, 6.07) is 35.6. The Labute approximate surface area is 186 Å². The van der Waals surface area contributed by atoms with E-state index in [1.807, 2.05) is 84.9 Å². The van der Waals surface area contributed by atoms with Gasteiger partial charge in [-0.2, -0.15) is 0 Å². The molecule has 0 bridgehead atoms. The molecule has 0 radical (unpaired) electrons. The summed E-state index contributed by atoms with van der Waals surface area (Å²) in [6.07, 6.45) is 0. The van der Waals surface area contributed by atoms with Crippen molar-refractivity contribution in [2.45, 2.75) is 14.9 Å². The van der Waals surface area contributed by atoms with Gasteiger partial charge < -0.3 is 14.2 Å². The molecule has 3 heteroatoms. The normalized spacial score (nSPS) is 9.10. The van der Waals surface area contributed by atoms with Crippen LogP contribution in [0.2, 0.25) is 0 Å². The molecule has 0 spiro atoms. The fourth-order valence-corrected chi connectivity index (χ4v) is 2.68. The highest BCUT2D eigenvalue weighted by Gasteiger charge is 1.97. The molecule has 0 aliphatic rings. The largest absolute Gasteiger partial charge is 0.497 e. The number of hydrogen-bond acceptors (Lipinski definition) is 3. The van der Waals surface area contributed by atoms with Gasteiger partial charge in [-0.25, -0.2) is 0 Å². The molecule has 0 saturated heterocycles. The number of rotatable bonds is 5. The summed E-state index contributed by atoms with van der Waals surface area (Å²) in [4.78, 5) is 0. The predicted octanol–water partition coefficient (Wildman–Crippen LogP) is 8.12. The molecule has 0 saturated carbocycles. The van der Waals surface area contributed by atoms with E-state index in [1.54, 1.807) is 14.2 Å². The van der Waals surface area contributed by atoms with Crippen LogP contribution >= 0.6 is 0 Å². The van der Waals surface area contributed by atoms with E-state index in [9.17, 15) is 0 Å². The summed E-state index contributed by atoms with van der Waals surface area (Å²) in [7, 11) is 3.32. The third kappa shape index (κ3) is 7.90. The number of benzene rings is 4. The molecule has 0 heterocycles. The monoisotopic (exact) mass is 416 g/mol. The molecular weight excluding hydrogens is 384 g/mol. The Morgan fingerprint density at radius 2 is 0.742 bits per heavy atom. The molecule has 0 atom stereocenters. The fourth-order valence-electron chi connectivity index (χ4n) is 2.68. The molecule has 162 valence electrons. The van der Waals surface area contributed by atoms with Crippen molar-refractivity contribution in [2.75, 3.05) is 14.2 Å². The number of hydrogen-bond donors (Lipinski definition) is 0. The summed E-state index contributed by atoms with van der Waals surface area (Å²) < 4.78 is 15.8. The highest BCUT2D eigenvalue weighted by Crippen LogP contribution is 2.23. The van der Waals surface area contributed by atoms with E-state index < -0.39 is 0 Å².